The van der Waals surface area contributed by atoms with Crippen molar-refractivity contribution in [1.82, 2.24) is 4.90 Å². The Kier molecular flexibility index (Phi) is 8.37. The fraction of sp³-hybridized carbons (Fsp3) is 0.652. The van der Waals surface area contributed by atoms with E-state index >= 15 is 0 Å². The summed E-state index contributed by atoms with van der Waals surface area (Å²) in [6.07, 6.45) is 5.04. The second kappa shape index (κ2) is 11.2. The van der Waals surface area contributed by atoms with E-state index in [0.29, 0.717) is 64.4 Å². The molecule has 0 bridgehead atoms. The summed E-state index contributed by atoms with van der Waals surface area (Å²) in [4.78, 5) is 38.7. The summed E-state index contributed by atoms with van der Waals surface area (Å²) in [7, 11) is 1.63. The van der Waals surface area contributed by atoms with Crippen molar-refractivity contribution in [3.05, 3.63) is 34.7 Å². The number of methoxy groups -OCH3 is 1. The van der Waals surface area contributed by atoms with E-state index in [1.54, 1.807) is 12.0 Å². The quantitative estimate of drug-likeness (QED) is 0.456. The molecule has 2 aliphatic heterocycles. The molecule has 2 fully saturated rings. The van der Waals surface area contributed by atoms with Crippen molar-refractivity contribution in [2.45, 2.75) is 44.6 Å². The molecule has 0 radical (unpaired) electrons. The summed E-state index contributed by atoms with van der Waals surface area (Å²) in [5.74, 6) is 1.21. The Balaban J connectivity index is 1.68. The number of hydrogen-bond acceptors (Lipinski definition) is 5. The van der Waals surface area contributed by atoms with Gasteiger partial charge in [0.1, 0.15) is 12.0 Å². The number of nitroso groups, excluding NO2 is 1. The minimum atomic E-state index is -0.454. The lowest BCUT2D eigenvalue weighted by molar-refractivity contribution is -0.561. The number of piperidine rings is 1. The molecule has 2 saturated heterocycles. The summed E-state index contributed by atoms with van der Waals surface area (Å²) in [5.41, 5.74) is 1.07. The highest BCUT2D eigenvalue weighted by atomic mass is 16.5. The van der Waals surface area contributed by atoms with Crippen molar-refractivity contribution in [3.8, 4) is 5.75 Å². The van der Waals surface area contributed by atoms with Gasteiger partial charge in [-0.2, -0.15) is 0 Å². The van der Waals surface area contributed by atoms with Crippen LogP contribution in [0, 0.1) is 16.7 Å². The molecule has 0 saturated carbocycles. The Labute approximate surface area is 178 Å². The minimum absolute atomic E-state index is 0.0129. The van der Waals surface area contributed by atoms with Gasteiger partial charge in [-0.25, -0.2) is 0 Å². The molecule has 1 aromatic rings. The Hall–Kier alpha value is -2.28. The van der Waals surface area contributed by atoms with Gasteiger partial charge in [0.25, 0.3) is 0 Å². The van der Waals surface area contributed by atoms with Gasteiger partial charge in [0, 0.05) is 43.9 Å². The SMILES string of the molecule is COc1ccc(CCC(=O)N(CC2CCOCC2)C(C=O)C2CC[N+](=O)CC2)cc1. The van der Waals surface area contributed by atoms with Crippen LogP contribution in [0.3, 0.4) is 0 Å². The first kappa shape index (κ1) is 22.4. The van der Waals surface area contributed by atoms with Crippen LogP contribution >= 0.6 is 0 Å². The zero-order chi connectivity index (χ0) is 21.3. The first-order chi connectivity index (χ1) is 14.6. The van der Waals surface area contributed by atoms with Gasteiger partial charge in [-0.3, -0.25) is 4.79 Å². The molecular formula is C23H33N2O5+. The highest BCUT2D eigenvalue weighted by molar-refractivity contribution is 5.80. The van der Waals surface area contributed by atoms with E-state index in [2.05, 4.69) is 0 Å². The van der Waals surface area contributed by atoms with E-state index in [4.69, 9.17) is 9.47 Å². The maximum absolute atomic E-state index is 13.3. The summed E-state index contributed by atoms with van der Waals surface area (Å²) in [5, 5.41) is 0. The Morgan fingerprint density at radius 1 is 1.20 bits per heavy atom. The molecule has 0 N–H and O–H groups in total. The lowest BCUT2D eigenvalue weighted by Gasteiger charge is -2.37. The molecule has 1 aromatic carbocycles. The minimum Gasteiger partial charge on any atom is -0.497 e. The fourth-order valence-electron chi connectivity index (χ4n) is 4.44. The number of benzene rings is 1. The van der Waals surface area contributed by atoms with Crippen LogP contribution in [0.4, 0.5) is 0 Å². The number of ether oxygens (including phenoxy) is 2. The van der Waals surface area contributed by atoms with E-state index in [-0.39, 0.29) is 11.8 Å². The fourth-order valence-corrected chi connectivity index (χ4v) is 4.44. The number of hydrogen-bond donors (Lipinski definition) is 0. The molecule has 7 heteroatoms. The number of aldehydes is 1. The van der Waals surface area contributed by atoms with Gasteiger partial charge in [-0.05, 0) is 53.6 Å². The third-order valence-corrected chi connectivity index (χ3v) is 6.38. The topological polar surface area (TPSA) is 75.9 Å². The smallest absolute Gasteiger partial charge is 0.223 e. The number of carbonyl (C=O) groups excluding carboxylic acids is 2. The molecular weight excluding hydrogens is 384 g/mol. The summed E-state index contributed by atoms with van der Waals surface area (Å²) in [6.45, 7) is 2.86. The molecule has 30 heavy (non-hydrogen) atoms. The zero-order valence-electron chi connectivity index (χ0n) is 17.8. The number of nitrogens with zero attached hydrogens (tertiary/aromatic N) is 2. The molecule has 0 aliphatic carbocycles. The largest absolute Gasteiger partial charge is 0.497 e. The van der Waals surface area contributed by atoms with E-state index in [1.807, 2.05) is 24.3 Å². The van der Waals surface area contributed by atoms with Crippen LogP contribution in [-0.4, -0.2) is 67.9 Å². The monoisotopic (exact) mass is 417 g/mol. The van der Waals surface area contributed by atoms with Gasteiger partial charge in [0.05, 0.1) is 13.2 Å². The lowest BCUT2D eigenvalue weighted by atomic mass is 9.88. The van der Waals surface area contributed by atoms with Crippen molar-refractivity contribution >= 4 is 12.2 Å². The number of carbonyl (C=O) groups is 2. The highest BCUT2D eigenvalue weighted by Crippen LogP contribution is 2.26. The van der Waals surface area contributed by atoms with Crippen LogP contribution in [0.5, 0.6) is 5.75 Å². The predicted molar refractivity (Wildman–Crippen MR) is 113 cm³/mol. The van der Waals surface area contributed by atoms with Gasteiger partial charge >= 0.3 is 0 Å². The zero-order valence-corrected chi connectivity index (χ0v) is 17.8. The Bertz CT molecular complexity index is 705. The third-order valence-electron chi connectivity index (χ3n) is 6.38. The van der Waals surface area contributed by atoms with Crippen LogP contribution in [0.2, 0.25) is 0 Å². The van der Waals surface area contributed by atoms with E-state index in [0.717, 1.165) is 35.2 Å². The predicted octanol–water partition coefficient (Wildman–Crippen LogP) is 2.64. The van der Waals surface area contributed by atoms with Gasteiger partial charge in [0.2, 0.25) is 5.91 Å². The molecule has 3 rings (SSSR count). The second-order valence-electron chi connectivity index (χ2n) is 8.34. The van der Waals surface area contributed by atoms with Crippen LogP contribution in [0.15, 0.2) is 24.3 Å². The van der Waals surface area contributed by atoms with Gasteiger partial charge in [-0.1, -0.05) is 12.1 Å². The van der Waals surface area contributed by atoms with Crippen molar-refractivity contribution in [1.29, 1.82) is 0 Å². The van der Waals surface area contributed by atoms with Crippen molar-refractivity contribution in [2.75, 3.05) is 40.0 Å². The van der Waals surface area contributed by atoms with Crippen molar-refractivity contribution < 1.29 is 23.8 Å². The molecule has 1 amide bonds. The number of amides is 1. The van der Waals surface area contributed by atoms with Crippen LogP contribution in [0.1, 0.15) is 37.7 Å². The molecule has 164 valence electrons. The molecule has 1 atom stereocenters. The Morgan fingerprint density at radius 3 is 2.47 bits per heavy atom. The van der Waals surface area contributed by atoms with Crippen LogP contribution in [0.25, 0.3) is 0 Å². The molecule has 0 spiro atoms. The summed E-state index contributed by atoms with van der Waals surface area (Å²) < 4.78 is 11.7. The van der Waals surface area contributed by atoms with Gasteiger partial charge in [0.15, 0.2) is 13.1 Å². The molecule has 0 aromatic heterocycles. The lowest BCUT2D eigenvalue weighted by Crippen LogP contribution is -2.50. The summed E-state index contributed by atoms with van der Waals surface area (Å²) >= 11 is 0. The van der Waals surface area contributed by atoms with Crippen molar-refractivity contribution in [3.63, 3.8) is 0 Å². The van der Waals surface area contributed by atoms with E-state index in [1.165, 1.54) is 0 Å². The average Bonchev–Trinajstić information content (AvgIpc) is 2.79. The normalized spacial score (nSPS) is 19.3. The van der Waals surface area contributed by atoms with Gasteiger partial charge < -0.3 is 19.2 Å². The maximum Gasteiger partial charge on any atom is 0.223 e. The standard InChI is InChI=1S/C23H33N2O5/c1-29-21-5-2-18(3-6-21)4-7-23(27)25(16-19-10-14-30-15-11-19)22(17-26)20-8-12-24(28)13-9-20/h2-3,5-6,17,19-20,22H,4,7-16H2,1H3/q+1. The van der Waals surface area contributed by atoms with E-state index < -0.39 is 6.04 Å². The van der Waals surface area contributed by atoms with E-state index in [9.17, 15) is 14.5 Å². The summed E-state index contributed by atoms with van der Waals surface area (Å²) in [6, 6.07) is 7.27. The van der Waals surface area contributed by atoms with Gasteiger partial charge in [-0.15, -0.1) is 0 Å². The molecule has 1 unspecified atom stereocenters. The maximum atomic E-state index is 13.3. The average molecular weight is 418 g/mol. The highest BCUT2D eigenvalue weighted by Gasteiger charge is 2.36. The third kappa shape index (κ3) is 6.11. The second-order valence-corrected chi connectivity index (χ2v) is 8.34. The first-order valence-electron chi connectivity index (χ1n) is 11.0. The first-order valence-corrected chi connectivity index (χ1v) is 11.0. The van der Waals surface area contributed by atoms with Crippen molar-refractivity contribution in [2.24, 2.45) is 11.8 Å². The molecule has 7 nitrogen and oxygen atoms in total. The van der Waals surface area contributed by atoms with Crippen LogP contribution < -0.4 is 4.74 Å². The van der Waals surface area contributed by atoms with Crippen LogP contribution in [-0.2, 0) is 20.7 Å². The molecule has 2 heterocycles. The number of rotatable bonds is 9. The Morgan fingerprint density at radius 2 is 1.87 bits per heavy atom. The molecule has 2 aliphatic rings. The number of aryl methyl sites for hydroxylation is 1.